The van der Waals surface area contributed by atoms with Crippen molar-refractivity contribution in [3.05, 3.63) is 59.7 Å². The lowest BCUT2D eigenvalue weighted by atomic mass is 9.92. The molecule has 3 amide bonds. The highest BCUT2D eigenvalue weighted by Crippen LogP contribution is 2.51. The summed E-state index contributed by atoms with van der Waals surface area (Å²) in [5.41, 5.74) is -1.40. The fourth-order valence-electron chi connectivity index (χ4n) is 5.72. The van der Waals surface area contributed by atoms with Crippen molar-refractivity contribution in [2.75, 3.05) is 32.6 Å². The molecular formula is C28H26F5N4O3S+. The van der Waals surface area contributed by atoms with Gasteiger partial charge in [-0.05, 0) is 38.1 Å². The van der Waals surface area contributed by atoms with Crippen LogP contribution in [-0.4, -0.2) is 82.5 Å². The zero-order valence-corrected chi connectivity index (χ0v) is 23.2. The van der Waals surface area contributed by atoms with E-state index in [1.807, 2.05) is 0 Å². The quantitative estimate of drug-likeness (QED) is 0.267. The van der Waals surface area contributed by atoms with E-state index in [4.69, 9.17) is 4.74 Å². The number of amides is 3. The molecule has 0 bridgehead atoms. The number of carbonyl (C=O) groups is 2. The lowest BCUT2D eigenvalue weighted by Crippen LogP contribution is -2.60. The third kappa shape index (κ3) is 4.94. The van der Waals surface area contributed by atoms with Crippen molar-refractivity contribution >= 4 is 40.9 Å². The Labute approximate surface area is 237 Å². The number of hydrogen-bond donors (Lipinski definition) is 0. The third-order valence-electron chi connectivity index (χ3n) is 7.28. The van der Waals surface area contributed by atoms with Gasteiger partial charge in [0.1, 0.15) is 24.0 Å². The monoisotopic (exact) mass is 593 g/mol. The number of carbonyl (C=O) groups excluding carboxylic acids is 2. The molecular weight excluding hydrogens is 567 g/mol. The number of rotatable bonds is 4. The van der Waals surface area contributed by atoms with E-state index < -0.39 is 40.5 Å². The summed E-state index contributed by atoms with van der Waals surface area (Å²) in [6.45, 7) is 7.53. The number of ether oxygens (including phenoxy) is 1. The smallest absolute Gasteiger partial charge is 0.377 e. The highest BCUT2D eigenvalue weighted by Gasteiger charge is 2.48. The van der Waals surface area contributed by atoms with Crippen molar-refractivity contribution in [2.24, 2.45) is 4.99 Å². The molecule has 3 aliphatic heterocycles. The maximum absolute atomic E-state index is 15.0. The van der Waals surface area contributed by atoms with Gasteiger partial charge in [0.25, 0.3) is 5.84 Å². The van der Waals surface area contributed by atoms with E-state index in [0.29, 0.717) is 11.8 Å². The highest BCUT2D eigenvalue weighted by molar-refractivity contribution is 8.00. The predicted molar refractivity (Wildman–Crippen MR) is 144 cm³/mol. The number of aliphatic imine (C=N–C) groups is 1. The minimum absolute atomic E-state index is 0.0140. The number of hydrogen-bond acceptors (Lipinski definition) is 5. The first-order valence-electron chi connectivity index (χ1n) is 12.7. The molecule has 0 spiro atoms. The van der Waals surface area contributed by atoms with Crippen molar-refractivity contribution in [1.29, 1.82) is 0 Å². The van der Waals surface area contributed by atoms with Crippen LogP contribution in [0.1, 0.15) is 25.0 Å². The minimum atomic E-state index is -4.92. The van der Waals surface area contributed by atoms with Crippen molar-refractivity contribution in [3.63, 3.8) is 0 Å². The van der Waals surface area contributed by atoms with Crippen molar-refractivity contribution < 1.29 is 40.9 Å². The Balaban J connectivity index is 1.78. The van der Waals surface area contributed by atoms with Crippen LogP contribution in [0, 0.1) is 11.6 Å². The van der Waals surface area contributed by atoms with Crippen LogP contribution in [0.5, 0.6) is 0 Å². The molecule has 0 aromatic heterocycles. The second kappa shape index (κ2) is 10.7. The SMILES string of the molecule is C=CC(=O)N1[C@H](C)CN(C2=NC(=O)[N+]3=C(COC)CSc4c(-c5ccc(F)cc5F)c(C(F)(F)F)cc2c43)C[C@@H]1C. The van der Waals surface area contributed by atoms with Gasteiger partial charge in [0.15, 0.2) is 5.69 Å². The molecule has 2 aromatic carbocycles. The average molecular weight is 594 g/mol. The maximum atomic E-state index is 15.0. The average Bonchev–Trinajstić information content (AvgIpc) is 2.90. The van der Waals surface area contributed by atoms with Gasteiger partial charge in [-0.25, -0.2) is 8.78 Å². The summed E-state index contributed by atoms with van der Waals surface area (Å²) in [5.74, 6) is -2.26. The molecule has 1 fully saturated rings. The molecule has 3 aliphatic rings. The molecule has 2 aromatic rings. The maximum Gasteiger partial charge on any atom is 0.547 e. The van der Waals surface area contributed by atoms with Gasteiger partial charge >= 0.3 is 12.2 Å². The van der Waals surface area contributed by atoms with Gasteiger partial charge in [0, 0.05) is 54.5 Å². The summed E-state index contributed by atoms with van der Waals surface area (Å²) in [5, 5.41) is 0. The molecule has 216 valence electrons. The van der Waals surface area contributed by atoms with Crippen molar-refractivity contribution in [2.45, 2.75) is 37.0 Å². The number of piperazine rings is 1. The standard InChI is InChI=1S/C28H26F5N4O3S/c1-5-22(38)36-14(2)10-35(11-15(36)3)26-19-9-20(28(31,32)33)23(18-7-6-16(29)8-21(18)30)25-24(19)37(27(39)34-26)17(12-40-4)13-41-25/h5-9,14-15H,1,10-13H2,2-4H3/q+1/t14-,15+. The number of methoxy groups -OCH3 is 1. The molecule has 7 nitrogen and oxygen atoms in total. The van der Waals surface area contributed by atoms with E-state index >= 15 is 4.39 Å². The second-order valence-electron chi connectivity index (χ2n) is 10.0. The Morgan fingerprint density at radius 2 is 1.88 bits per heavy atom. The molecule has 1 saturated heterocycles. The number of alkyl halides is 3. The number of halogens is 5. The lowest BCUT2D eigenvalue weighted by molar-refractivity contribution is -0.337. The number of thioether (sulfide) groups is 1. The van der Waals surface area contributed by atoms with E-state index in [2.05, 4.69) is 11.6 Å². The molecule has 0 radical (unpaired) electrons. The van der Waals surface area contributed by atoms with Crippen molar-refractivity contribution in [3.8, 4) is 11.1 Å². The molecule has 5 rings (SSSR count). The number of benzene rings is 2. The first-order valence-corrected chi connectivity index (χ1v) is 13.7. The number of urea groups is 1. The normalized spacial score (nSPS) is 20.7. The largest absolute Gasteiger partial charge is 0.547 e. The molecule has 0 N–H and O–H groups in total. The zero-order chi connectivity index (χ0) is 29.8. The Bertz CT molecular complexity index is 1530. The minimum Gasteiger partial charge on any atom is -0.377 e. The lowest BCUT2D eigenvalue weighted by Gasteiger charge is -2.44. The Morgan fingerprint density at radius 1 is 1.20 bits per heavy atom. The van der Waals surface area contributed by atoms with Crippen LogP contribution in [0.3, 0.4) is 0 Å². The van der Waals surface area contributed by atoms with Gasteiger partial charge in [0.05, 0.1) is 21.8 Å². The molecule has 0 unspecified atom stereocenters. The molecule has 41 heavy (non-hydrogen) atoms. The molecule has 3 heterocycles. The Morgan fingerprint density at radius 3 is 2.46 bits per heavy atom. The fourth-order valence-corrected chi connectivity index (χ4v) is 6.95. The predicted octanol–water partition coefficient (Wildman–Crippen LogP) is 5.48. The summed E-state index contributed by atoms with van der Waals surface area (Å²) in [4.78, 5) is 33.6. The van der Waals surface area contributed by atoms with Gasteiger partial charge in [-0.3, -0.25) is 4.79 Å². The first kappa shape index (κ1) is 28.9. The van der Waals surface area contributed by atoms with Crippen LogP contribution in [0.15, 0.2) is 46.8 Å². The van der Waals surface area contributed by atoms with E-state index in [1.54, 1.807) is 23.6 Å². The van der Waals surface area contributed by atoms with E-state index in [0.717, 1.165) is 30.0 Å². The van der Waals surface area contributed by atoms with Crippen LogP contribution in [0.25, 0.3) is 11.1 Å². The third-order valence-corrected chi connectivity index (χ3v) is 8.44. The molecule has 2 atom stereocenters. The molecule has 0 aliphatic carbocycles. The summed E-state index contributed by atoms with van der Waals surface area (Å²) in [6.07, 6.45) is -3.72. The zero-order valence-electron chi connectivity index (χ0n) is 22.4. The first-order chi connectivity index (χ1) is 19.4. The van der Waals surface area contributed by atoms with Gasteiger partial charge in [-0.1, -0.05) is 6.58 Å². The fraction of sp³-hybridized carbons (Fsp3) is 0.357. The van der Waals surface area contributed by atoms with E-state index in [-0.39, 0.29) is 65.4 Å². The summed E-state index contributed by atoms with van der Waals surface area (Å²) < 4.78 is 79.3. The number of nitrogens with zero attached hydrogens (tertiary/aromatic N) is 4. The van der Waals surface area contributed by atoms with Gasteiger partial charge in [-0.2, -0.15) is 22.5 Å². The topological polar surface area (TPSA) is 65.2 Å². The van der Waals surface area contributed by atoms with Crippen molar-refractivity contribution in [1.82, 2.24) is 9.80 Å². The van der Waals surface area contributed by atoms with E-state index in [9.17, 15) is 27.2 Å². The molecule has 0 saturated carbocycles. The summed E-state index contributed by atoms with van der Waals surface area (Å²) in [6, 6.07) is 1.81. The Hall–Kier alpha value is -3.58. The van der Waals surface area contributed by atoms with Crippen LogP contribution in [0.4, 0.5) is 32.4 Å². The molecule has 13 heteroatoms. The second-order valence-corrected chi connectivity index (χ2v) is 11.0. The highest BCUT2D eigenvalue weighted by atomic mass is 32.2. The number of amidine groups is 1. The Kier molecular flexibility index (Phi) is 7.53. The van der Waals surface area contributed by atoms with Crippen LogP contribution in [-0.2, 0) is 15.7 Å². The van der Waals surface area contributed by atoms with E-state index in [1.165, 1.54) is 17.8 Å². The van der Waals surface area contributed by atoms with Gasteiger partial charge in [-0.15, -0.1) is 11.8 Å². The van der Waals surface area contributed by atoms with Gasteiger partial charge < -0.3 is 14.5 Å². The van der Waals surface area contributed by atoms with Gasteiger partial charge in [0.2, 0.25) is 5.91 Å². The van der Waals surface area contributed by atoms with Crippen LogP contribution in [0.2, 0.25) is 0 Å². The van der Waals surface area contributed by atoms with Crippen LogP contribution < -0.4 is 0 Å². The summed E-state index contributed by atoms with van der Waals surface area (Å²) in [7, 11) is 1.43. The van der Waals surface area contributed by atoms with Crippen LogP contribution >= 0.6 is 11.8 Å². The summed E-state index contributed by atoms with van der Waals surface area (Å²) >= 11 is 1.02.